The maximum atomic E-state index is 12.3. The van der Waals surface area contributed by atoms with Crippen molar-refractivity contribution in [2.24, 2.45) is 0 Å². The van der Waals surface area contributed by atoms with Gasteiger partial charge in [0.05, 0.1) is 0 Å². The molecule has 0 saturated carbocycles. The van der Waals surface area contributed by atoms with Crippen LogP contribution in [0.25, 0.3) is 11.1 Å². The summed E-state index contributed by atoms with van der Waals surface area (Å²) in [7, 11) is 0. The molecule has 132 valence electrons. The van der Waals surface area contributed by atoms with Crippen LogP contribution >= 0.6 is 11.3 Å². The molecule has 4 heteroatoms. The first-order chi connectivity index (χ1) is 12.5. The van der Waals surface area contributed by atoms with Crippen LogP contribution < -0.4 is 5.32 Å². The van der Waals surface area contributed by atoms with Gasteiger partial charge in [0.1, 0.15) is 0 Å². The van der Waals surface area contributed by atoms with Crippen molar-refractivity contribution in [1.29, 1.82) is 0 Å². The van der Waals surface area contributed by atoms with Gasteiger partial charge in [0.15, 0.2) is 5.78 Å². The zero-order valence-electron chi connectivity index (χ0n) is 14.9. The summed E-state index contributed by atoms with van der Waals surface area (Å²) in [6.07, 6.45) is 0.415. The number of hydrogen-bond donors (Lipinski definition) is 1. The molecule has 0 spiro atoms. The van der Waals surface area contributed by atoms with E-state index >= 15 is 0 Å². The molecule has 1 aromatic heterocycles. The fraction of sp³-hybridized carbons (Fsp3) is 0.182. The number of rotatable bonds is 6. The molecule has 0 aliphatic carbocycles. The number of anilines is 1. The summed E-state index contributed by atoms with van der Waals surface area (Å²) in [6.45, 7) is 3.93. The van der Waals surface area contributed by atoms with Gasteiger partial charge in [-0.3, -0.25) is 9.59 Å². The molecule has 1 heterocycles. The lowest BCUT2D eigenvalue weighted by Crippen LogP contribution is -2.13. The smallest absolute Gasteiger partial charge is 0.224 e. The summed E-state index contributed by atoms with van der Waals surface area (Å²) in [5.74, 6) is -0.114. The third-order valence-corrected chi connectivity index (χ3v) is 5.16. The Hall–Kier alpha value is -2.72. The first kappa shape index (κ1) is 18.1. The lowest BCUT2D eigenvalue weighted by Gasteiger charge is -2.07. The molecule has 3 nitrogen and oxygen atoms in total. The Labute approximate surface area is 157 Å². The summed E-state index contributed by atoms with van der Waals surface area (Å²) in [5.41, 5.74) is 3.72. The highest BCUT2D eigenvalue weighted by atomic mass is 32.1. The van der Waals surface area contributed by atoms with E-state index in [-0.39, 0.29) is 24.5 Å². The van der Waals surface area contributed by atoms with Crippen LogP contribution in [0.15, 0.2) is 60.7 Å². The SMILES string of the molecule is Cc1cc(C(=O)CCC(=O)Nc2ccc(-c3ccccc3)cc2)c(C)s1. The summed E-state index contributed by atoms with van der Waals surface area (Å²) >= 11 is 1.61. The van der Waals surface area contributed by atoms with E-state index in [0.29, 0.717) is 0 Å². The second-order valence-corrected chi connectivity index (χ2v) is 7.70. The van der Waals surface area contributed by atoms with E-state index in [9.17, 15) is 9.59 Å². The van der Waals surface area contributed by atoms with Crippen molar-refractivity contribution in [3.63, 3.8) is 0 Å². The van der Waals surface area contributed by atoms with E-state index in [2.05, 4.69) is 5.32 Å². The number of benzene rings is 2. The minimum atomic E-state index is -0.143. The highest BCUT2D eigenvalue weighted by Gasteiger charge is 2.14. The molecule has 0 atom stereocenters. The van der Waals surface area contributed by atoms with Crippen molar-refractivity contribution in [3.05, 3.63) is 76.0 Å². The van der Waals surface area contributed by atoms with Crippen molar-refractivity contribution < 1.29 is 9.59 Å². The monoisotopic (exact) mass is 363 g/mol. The Morgan fingerprint density at radius 1 is 0.885 bits per heavy atom. The number of carbonyl (C=O) groups is 2. The van der Waals surface area contributed by atoms with Gasteiger partial charge < -0.3 is 5.32 Å². The number of thiophene rings is 1. The van der Waals surface area contributed by atoms with E-state index in [4.69, 9.17) is 0 Å². The highest BCUT2D eigenvalue weighted by Crippen LogP contribution is 2.23. The third-order valence-electron chi connectivity index (χ3n) is 4.20. The van der Waals surface area contributed by atoms with Crippen molar-refractivity contribution in [3.8, 4) is 11.1 Å². The molecular weight excluding hydrogens is 342 g/mol. The van der Waals surface area contributed by atoms with Gasteiger partial charge in [0.25, 0.3) is 0 Å². The molecule has 0 radical (unpaired) electrons. The van der Waals surface area contributed by atoms with Crippen LogP contribution in [0, 0.1) is 13.8 Å². The minimum Gasteiger partial charge on any atom is -0.326 e. The van der Waals surface area contributed by atoms with Gasteiger partial charge in [-0.15, -0.1) is 11.3 Å². The fourth-order valence-corrected chi connectivity index (χ4v) is 3.81. The Kier molecular flexibility index (Phi) is 5.64. The van der Waals surface area contributed by atoms with E-state index in [1.165, 1.54) is 0 Å². The number of aryl methyl sites for hydroxylation is 2. The summed E-state index contributed by atoms with van der Waals surface area (Å²) in [6, 6.07) is 19.7. The molecule has 3 rings (SSSR count). The summed E-state index contributed by atoms with van der Waals surface area (Å²) < 4.78 is 0. The standard InChI is InChI=1S/C22H21NO2S/c1-15-14-20(16(2)26-15)21(24)12-13-22(25)23-19-10-8-18(9-11-19)17-6-4-3-5-7-17/h3-11,14H,12-13H2,1-2H3,(H,23,25). The first-order valence-electron chi connectivity index (χ1n) is 8.58. The predicted octanol–water partition coefficient (Wildman–Crippen LogP) is 5.63. The van der Waals surface area contributed by atoms with Crippen LogP contribution in [-0.4, -0.2) is 11.7 Å². The fourth-order valence-electron chi connectivity index (χ4n) is 2.87. The van der Waals surface area contributed by atoms with Crippen LogP contribution in [0.1, 0.15) is 33.0 Å². The Bertz CT molecular complexity index is 911. The molecule has 0 aliphatic heterocycles. The molecular formula is C22H21NO2S. The van der Waals surface area contributed by atoms with Crippen LogP contribution in [0.5, 0.6) is 0 Å². The van der Waals surface area contributed by atoms with Crippen molar-refractivity contribution >= 4 is 28.7 Å². The average Bonchev–Trinajstić information content (AvgIpc) is 2.99. The van der Waals surface area contributed by atoms with E-state index in [1.54, 1.807) is 11.3 Å². The molecule has 1 amide bonds. The Morgan fingerprint density at radius 3 is 2.15 bits per heavy atom. The summed E-state index contributed by atoms with van der Waals surface area (Å²) in [4.78, 5) is 26.5. The zero-order valence-corrected chi connectivity index (χ0v) is 15.7. The van der Waals surface area contributed by atoms with Crippen LogP contribution in [0.4, 0.5) is 5.69 Å². The summed E-state index contributed by atoms with van der Waals surface area (Å²) in [5, 5.41) is 2.86. The first-order valence-corrected chi connectivity index (χ1v) is 9.40. The molecule has 2 aromatic carbocycles. The number of amides is 1. The number of ketones is 1. The van der Waals surface area contributed by atoms with Gasteiger partial charge in [0, 0.05) is 33.8 Å². The molecule has 0 fully saturated rings. The maximum Gasteiger partial charge on any atom is 0.224 e. The maximum absolute atomic E-state index is 12.3. The molecule has 0 aliphatic rings. The van der Waals surface area contributed by atoms with E-state index in [1.807, 2.05) is 74.5 Å². The second kappa shape index (κ2) is 8.11. The Balaban J connectivity index is 1.55. The van der Waals surface area contributed by atoms with Gasteiger partial charge in [-0.1, -0.05) is 42.5 Å². The molecule has 3 aromatic rings. The van der Waals surface area contributed by atoms with E-state index < -0.39 is 0 Å². The third kappa shape index (κ3) is 4.46. The van der Waals surface area contributed by atoms with Gasteiger partial charge in [-0.05, 0) is 43.2 Å². The van der Waals surface area contributed by atoms with Gasteiger partial charge >= 0.3 is 0 Å². The van der Waals surface area contributed by atoms with Crippen molar-refractivity contribution in [1.82, 2.24) is 0 Å². The molecule has 0 saturated heterocycles. The number of hydrogen-bond acceptors (Lipinski definition) is 3. The van der Waals surface area contributed by atoms with Crippen molar-refractivity contribution in [2.75, 3.05) is 5.32 Å². The normalized spacial score (nSPS) is 10.5. The lowest BCUT2D eigenvalue weighted by molar-refractivity contribution is -0.116. The minimum absolute atomic E-state index is 0.0291. The number of nitrogens with one attached hydrogen (secondary N) is 1. The van der Waals surface area contributed by atoms with Crippen LogP contribution in [-0.2, 0) is 4.79 Å². The molecule has 26 heavy (non-hydrogen) atoms. The van der Waals surface area contributed by atoms with Gasteiger partial charge in [-0.2, -0.15) is 0 Å². The zero-order chi connectivity index (χ0) is 18.5. The highest BCUT2D eigenvalue weighted by molar-refractivity contribution is 7.12. The number of carbonyl (C=O) groups excluding carboxylic acids is 2. The predicted molar refractivity (Wildman–Crippen MR) is 108 cm³/mol. The molecule has 1 N–H and O–H groups in total. The molecule has 0 unspecified atom stereocenters. The van der Waals surface area contributed by atoms with Crippen LogP contribution in [0.2, 0.25) is 0 Å². The number of Topliss-reactive ketones (excluding diaryl/α,β-unsaturated/α-hetero) is 1. The van der Waals surface area contributed by atoms with Gasteiger partial charge in [0.2, 0.25) is 5.91 Å². The molecule has 0 bridgehead atoms. The Morgan fingerprint density at radius 2 is 1.54 bits per heavy atom. The average molecular weight is 363 g/mol. The van der Waals surface area contributed by atoms with Crippen molar-refractivity contribution in [2.45, 2.75) is 26.7 Å². The van der Waals surface area contributed by atoms with Gasteiger partial charge in [-0.25, -0.2) is 0 Å². The largest absolute Gasteiger partial charge is 0.326 e. The topological polar surface area (TPSA) is 46.2 Å². The lowest BCUT2D eigenvalue weighted by atomic mass is 10.1. The van der Waals surface area contributed by atoms with Crippen LogP contribution in [0.3, 0.4) is 0 Å². The van der Waals surface area contributed by atoms with E-state index in [0.717, 1.165) is 32.1 Å². The second-order valence-electron chi connectivity index (χ2n) is 6.24. The quantitative estimate of drug-likeness (QED) is 0.577.